The number of hydrogen-bond donors (Lipinski definition) is 2. The fourth-order valence-electron chi connectivity index (χ4n) is 3.28. The highest BCUT2D eigenvalue weighted by Crippen LogP contribution is 2.29. The number of amides is 3. The highest BCUT2D eigenvalue weighted by atomic mass is 35.5. The van der Waals surface area contributed by atoms with Crippen molar-refractivity contribution in [3.05, 3.63) is 53.6 Å². The molecule has 12 heteroatoms. The summed E-state index contributed by atoms with van der Waals surface area (Å²) in [5.41, 5.74) is 1.36. The molecule has 2 N–H and O–H groups in total. The van der Waals surface area contributed by atoms with E-state index in [9.17, 15) is 14.4 Å². The van der Waals surface area contributed by atoms with E-state index in [1.54, 1.807) is 60.5 Å². The molecule has 1 aliphatic rings. The molecule has 2 aromatic carbocycles. The van der Waals surface area contributed by atoms with Crippen LogP contribution in [-0.2, 0) is 14.4 Å². The molecule has 4 rings (SSSR count). The molecule has 0 unspecified atom stereocenters. The number of anilines is 3. The van der Waals surface area contributed by atoms with Crippen LogP contribution >= 0.6 is 34.7 Å². The molecule has 0 bridgehead atoms. The summed E-state index contributed by atoms with van der Waals surface area (Å²) in [7, 11) is 1.58. The number of carbonyl (C=O) groups is 3. The van der Waals surface area contributed by atoms with Crippen LogP contribution in [0.5, 0.6) is 5.75 Å². The first-order valence-corrected chi connectivity index (χ1v) is 12.4. The summed E-state index contributed by atoms with van der Waals surface area (Å²) in [6.07, 6.45) is 0.112. The lowest BCUT2D eigenvalue weighted by Crippen LogP contribution is -2.28. The number of halogens is 1. The summed E-state index contributed by atoms with van der Waals surface area (Å²) in [4.78, 5) is 38.8. The molecule has 0 radical (unpaired) electrons. The first kappa shape index (κ1) is 24.0. The van der Waals surface area contributed by atoms with Gasteiger partial charge in [-0.3, -0.25) is 14.4 Å². The maximum atomic E-state index is 12.7. The van der Waals surface area contributed by atoms with Crippen LogP contribution in [-0.4, -0.2) is 47.3 Å². The number of methoxy groups -OCH3 is 1. The molecule has 1 atom stereocenters. The van der Waals surface area contributed by atoms with Gasteiger partial charge in [0, 0.05) is 29.4 Å². The zero-order chi connectivity index (χ0) is 24.1. The summed E-state index contributed by atoms with van der Waals surface area (Å²) in [6.45, 7) is 0.276. The minimum absolute atomic E-state index is 0.112. The highest BCUT2D eigenvalue weighted by molar-refractivity contribution is 8.01. The van der Waals surface area contributed by atoms with Crippen LogP contribution in [0.3, 0.4) is 0 Å². The summed E-state index contributed by atoms with van der Waals surface area (Å²) in [5, 5.41) is 14.4. The van der Waals surface area contributed by atoms with Crippen LogP contribution < -0.4 is 20.3 Å². The lowest BCUT2D eigenvalue weighted by atomic mass is 10.1. The zero-order valence-electron chi connectivity index (χ0n) is 18.0. The van der Waals surface area contributed by atoms with E-state index in [2.05, 4.69) is 20.8 Å². The van der Waals surface area contributed by atoms with Crippen LogP contribution in [0, 0.1) is 5.92 Å². The van der Waals surface area contributed by atoms with Crippen LogP contribution in [0.4, 0.5) is 16.5 Å². The summed E-state index contributed by atoms with van der Waals surface area (Å²) in [5.74, 6) is -0.271. The van der Waals surface area contributed by atoms with Crippen molar-refractivity contribution in [1.29, 1.82) is 0 Å². The van der Waals surface area contributed by atoms with E-state index in [-0.39, 0.29) is 36.4 Å². The van der Waals surface area contributed by atoms with Gasteiger partial charge in [0.15, 0.2) is 4.34 Å². The molecule has 34 heavy (non-hydrogen) atoms. The number of thioether (sulfide) groups is 1. The Bertz CT molecular complexity index is 1190. The third-order valence-corrected chi connectivity index (χ3v) is 7.20. The van der Waals surface area contributed by atoms with E-state index in [4.69, 9.17) is 16.3 Å². The van der Waals surface area contributed by atoms with Gasteiger partial charge in [-0.25, -0.2) is 0 Å². The Morgan fingerprint density at radius 3 is 2.59 bits per heavy atom. The van der Waals surface area contributed by atoms with Crippen molar-refractivity contribution in [2.75, 3.05) is 34.9 Å². The van der Waals surface area contributed by atoms with Crippen LogP contribution in [0.15, 0.2) is 52.9 Å². The van der Waals surface area contributed by atoms with E-state index in [0.717, 1.165) is 0 Å². The molecule has 3 aromatic rings. The Hall–Kier alpha value is -3.15. The number of nitrogens with one attached hydrogen (secondary N) is 2. The average molecular weight is 518 g/mol. The zero-order valence-corrected chi connectivity index (χ0v) is 20.4. The monoisotopic (exact) mass is 517 g/mol. The van der Waals surface area contributed by atoms with Gasteiger partial charge in [-0.15, -0.1) is 10.2 Å². The molecular formula is C22H20ClN5O4S2. The second kappa shape index (κ2) is 10.9. The average Bonchev–Trinajstić information content (AvgIpc) is 3.45. The Morgan fingerprint density at radius 1 is 1.15 bits per heavy atom. The Balaban J connectivity index is 1.26. The van der Waals surface area contributed by atoms with Gasteiger partial charge in [-0.05, 0) is 48.5 Å². The molecule has 1 aliphatic heterocycles. The number of ether oxygens (including phenoxy) is 1. The van der Waals surface area contributed by atoms with Crippen LogP contribution in [0.25, 0.3) is 0 Å². The molecular weight excluding hydrogens is 498 g/mol. The number of nitrogens with zero attached hydrogens (tertiary/aromatic N) is 3. The van der Waals surface area contributed by atoms with Gasteiger partial charge >= 0.3 is 0 Å². The number of aromatic nitrogens is 2. The molecule has 3 amide bonds. The first-order chi connectivity index (χ1) is 16.4. The fraction of sp³-hybridized carbons (Fsp3) is 0.227. The quantitative estimate of drug-likeness (QED) is 0.344. The molecule has 2 heterocycles. The predicted octanol–water partition coefficient (Wildman–Crippen LogP) is 3.92. The van der Waals surface area contributed by atoms with Crippen molar-refractivity contribution >= 4 is 68.9 Å². The van der Waals surface area contributed by atoms with Gasteiger partial charge in [0.25, 0.3) is 0 Å². The molecule has 1 aromatic heterocycles. The Labute approximate surface area is 208 Å². The third kappa shape index (κ3) is 6.04. The van der Waals surface area contributed by atoms with Gasteiger partial charge in [-0.2, -0.15) is 0 Å². The fourth-order valence-corrected chi connectivity index (χ4v) is 4.96. The topological polar surface area (TPSA) is 114 Å². The van der Waals surface area contributed by atoms with Crippen molar-refractivity contribution in [2.24, 2.45) is 5.92 Å². The van der Waals surface area contributed by atoms with E-state index >= 15 is 0 Å². The maximum absolute atomic E-state index is 12.7. The van der Waals surface area contributed by atoms with Gasteiger partial charge in [0.1, 0.15) is 5.75 Å². The van der Waals surface area contributed by atoms with Gasteiger partial charge in [-0.1, -0.05) is 34.7 Å². The minimum atomic E-state index is -0.501. The predicted molar refractivity (Wildman–Crippen MR) is 133 cm³/mol. The van der Waals surface area contributed by atoms with Crippen molar-refractivity contribution in [1.82, 2.24) is 10.2 Å². The van der Waals surface area contributed by atoms with E-state index in [0.29, 0.717) is 31.6 Å². The number of rotatable bonds is 8. The number of hydrogen-bond acceptors (Lipinski definition) is 8. The largest absolute Gasteiger partial charge is 0.497 e. The van der Waals surface area contributed by atoms with Gasteiger partial charge < -0.3 is 20.3 Å². The minimum Gasteiger partial charge on any atom is -0.497 e. The summed E-state index contributed by atoms with van der Waals surface area (Å²) < 4.78 is 5.64. The third-order valence-electron chi connectivity index (χ3n) is 4.97. The summed E-state index contributed by atoms with van der Waals surface area (Å²) >= 11 is 8.30. The number of benzene rings is 2. The standard InChI is InChI=1S/C22H20ClN5O4S2/c1-32-17-8-4-15(5-9-17)24-18(29)12-33-22-27-26-21(34-22)25-20(31)13-10-19(30)28(11-13)16-6-2-14(23)3-7-16/h2-9,13H,10-12H2,1H3,(H,24,29)(H,25,26,31)/t13-/m0/s1. The molecule has 1 fully saturated rings. The highest BCUT2D eigenvalue weighted by Gasteiger charge is 2.35. The van der Waals surface area contributed by atoms with Crippen LogP contribution in [0.2, 0.25) is 5.02 Å². The SMILES string of the molecule is COc1ccc(NC(=O)CSc2nnc(NC(=O)[C@H]3CC(=O)N(c4ccc(Cl)cc4)C3)s2)cc1. The first-order valence-electron chi connectivity index (χ1n) is 10.2. The van der Waals surface area contributed by atoms with Gasteiger partial charge in [0.05, 0.1) is 18.8 Å². The lowest BCUT2D eigenvalue weighted by molar-refractivity contribution is -0.122. The molecule has 1 saturated heterocycles. The molecule has 9 nitrogen and oxygen atoms in total. The number of carbonyl (C=O) groups excluding carboxylic acids is 3. The second-order valence-corrected chi connectivity index (χ2v) is 9.95. The molecule has 0 saturated carbocycles. The van der Waals surface area contributed by atoms with Crippen molar-refractivity contribution in [2.45, 2.75) is 10.8 Å². The van der Waals surface area contributed by atoms with Crippen molar-refractivity contribution in [3.63, 3.8) is 0 Å². The van der Waals surface area contributed by atoms with E-state index in [1.807, 2.05) is 0 Å². The maximum Gasteiger partial charge on any atom is 0.234 e. The van der Waals surface area contributed by atoms with E-state index in [1.165, 1.54) is 23.1 Å². The Kier molecular flexibility index (Phi) is 7.66. The Morgan fingerprint density at radius 2 is 1.88 bits per heavy atom. The summed E-state index contributed by atoms with van der Waals surface area (Å²) in [6, 6.07) is 13.9. The van der Waals surface area contributed by atoms with Crippen LogP contribution in [0.1, 0.15) is 6.42 Å². The van der Waals surface area contributed by atoms with Crippen molar-refractivity contribution in [3.8, 4) is 5.75 Å². The molecule has 0 spiro atoms. The normalized spacial score (nSPS) is 15.3. The second-order valence-electron chi connectivity index (χ2n) is 7.31. The van der Waals surface area contributed by atoms with Crippen molar-refractivity contribution < 1.29 is 19.1 Å². The smallest absolute Gasteiger partial charge is 0.234 e. The van der Waals surface area contributed by atoms with E-state index < -0.39 is 5.92 Å². The lowest BCUT2D eigenvalue weighted by Gasteiger charge is -2.16. The molecule has 176 valence electrons. The molecule has 0 aliphatic carbocycles. The van der Waals surface area contributed by atoms with Gasteiger partial charge in [0.2, 0.25) is 22.9 Å².